The maximum absolute atomic E-state index is 12.1. The molecule has 1 aromatic heterocycles. The van der Waals surface area contributed by atoms with Crippen molar-refractivity contribution in [2.24, 2.45) is 0 Å². The molecule has 90 valence electrons. The smallest absolute Gasteiger partial charge is 0.270 e. The molecule has 3 nitrogen and oxygen atoms in total. The lowest BCUT2D eigenvalue weighted by Crippen LogP contribution is -2.30. The van der Waals surface area contributed by atoms with E-state index in [2.05, 4.69) is 4.98 Å². The highest BCUT2D eigenvalue weighted by atomic mass is 35.5. The number of hydrogen-bond donors (Lipinski definition) is 1. The van der Waals surface area contributed by atoms with Gasteiger partial charge in [-0.2, -0.15) is 0 Å². The van der Waals surface area contributed by atoms with Crippen molar-refractivity contribution in [2.45, 2.75) is 13.8 Å². The average molecular weight is 251 g/mol. The molecule has 1 aromatic carbocycles. The van der Waals surface area contributed by atoms with Crippen molar-refractivity contribution in [3.8, 4) is 0 Å². The number of para-hydroxylation sites is 1. The molecule has 2 rings (SSSR count). The summed E-state index contributed by atoms with van der Waals surface area (Å²) in [4.78, 5) is 17.0. The zero-order chi connectivity index (χ0) is 12.4. The summed E-state index contributed by atoms with van der Waals surface area (Å²) in [5, 5.41) is 1.61. The lowest BCUT2D eigenvalue weighted by Gasteiger charge is -2.17. The van der Waals surface area contributed by atoms with Gasteiger partial charge in [0.25, 0.3) is 5.91 Å². The Morgan fingerprint density at radius 3 is 2.65 bits per heavy atom. The predicted molar refractivity (Wildman–Crippen MR) is 70.6 cm³/mol. The van der Waals surface area contributed by atoms with Gasteiger partial charge in [0.05, 0.1) is 10.5 Å². The van der Waals surface area contributed by atoms with Crippen molar-refractivity contribution in [1.82, 2.24) is 9.88 Å². The van der Waals surface area contributed by atoms with Gasteiger partial charge in [-0.05, 0) is 26.0 Å². The van der Waals surface area contributed by atoms with Gasteiger partial charge in [-0.3, -0.25) is 4.79 Å². The van der Waals surface area contributed by atoms with Gasteiger partial charge in [0.1, 0.15) is 5.69 Å². The van der Waals surface area contributed by atoms with Crippen LogP contribution in [0.25, 0.3) is 10.9 Å². The van der Waals surface area contributed by atoms with Crippen LogP contribution in [0.1, 0.15) is 24.3 Å². The van der Waals surface area contributed by atoms with E-state index in [1.54, 1.807) is 4.90 Å². The molecule has 0 atom stereocenters. The summed E-state index contributed by atoms with van der Waals surface area (Å²) in [6.45, 7) is 5.35. The van der Waals surface area contributed by atoms with Gasteiger partial charge in [0.15, 0.2) is 0 Å². The van der Waals surface area contributed by atoms with E-state index in [0.29, 0.717) is 23.8 Å². The number of halogens is 1. The summed E-state index contributed by atoms with van der Waals surface area (Å²) in [6.07, 6.45) is 0. The van der Waals surface area contributed by atoms with E-state index < -0.39 is 0 Å². The molecule has 0 saturated carbocycles. The van der Waals surface area contributed by atoms with Crippen LogP contribution in [0.3, 0.4) is 0 Å². The van der Waals surface area contributed by atoms with Gasteiger partial charge in [-0.15, -0.1) is 0 Å². The topological polar surface area (TPSA) is 36.1 Å². The van der Waals surface area contributed by atoms with Crippen LogP contribution in [0.15, 0.2) is 24.3 Å². The summed E-state index contributed by atoms with van der Waals surface area (Å²) >= 11 is 6.07. The number of aromatic nitrogens is 1. The summed E-state index contributed by atoms with van der Waals surface area (Å²) in [6, 6.07) is 7.48. The molecule has 1 heterocycles. The van der Waals surface area contributed by atoms with Crippen LogP contribution in [0.5, 0.6) is 0 Å². The average Bonchev–Trinajstić information content (AvgIpc) is 2.76. The van der Waals surface area contributed by atoms with Gasteiger partial charge >= 0.3 is 0 Å². The molecule has 0 aliphatic carbocycles. The lowest BCUT2D eigenvalue weighted by molar-refractivity contribution is 0.0768. The zero-order valence-corrected chi connectivity index (χ0v) is 10.7. The summed E-state index contributed by atoms with van der Waals surface area (Å²) in [5.41, 5.74) is 1.42. The fourth-order valence-corrected chi connectivity index (χ4v) is 2.14. The van der Waals surface area contributed by atoms with Gasteiger partial charge in [-0.25, -0.2) is 0 Å². The molecule has 0 saturated heterocycles. The Bertz CT molecular complexity index is 543. The van der Waals surface area contributed by atoms with Crippen molar-refractivity contribution in [2.75, 3.05) is 13.1 Å². The number of carbonyl (C=O) groups is 1. The number of H-pyrrole nitrogens is 1. The van der Waals surface area contributed by atoms with E-state index in [1.165, 1.54) is 0 Å². The number of fused-ring (bicyclic) bond motifs is 1. The third kappa shape index (κ3) is 2.15. The van der Waals surface area contributed by atoms with Crippen LogP contribution < -0.4 is 0 Å². The van der Waals surface area contributed by atoms with Gasteiger partial charge in [0.2, 0.25) is 0 Å². The van der Waals surface area contributed by atoms with Crippen LogP contribution in [0.2, 0.25) is 5.02 Å². The normalized spacial score (nSPS) is 10.8. The van der Waals surface area contributed by atoms with Gasteiger partial charge < -0.3 is 9.88 Å². The molecule has 1 N–H and O–H groups in total. The summed E-state index contributed by atoms with van der Waals surface area (Å²) in [7, 11) is 0. The molecule has 0 aliphatic rings. The predicted octanol–water partition coefficient (Wildman–Crippen LogP) is 3.30. The summed E-state index contributed by atoms with van der Waals surface area (Å²) in [5.74, 6) is 0.0160. The molecule has 0 radical (unpaired) electrons. The molecule has 4 heteroatoms. The first-order valence-electron chi connectivity index (χ1n) is 5.73. The largest absolute Gasteiger partial charge is 0.349 e. The van der Waals surface area contributed by atoms with E-state index in [9.17, 15) is 4.79 Å². The van der Waals surface area contributed by atoms with Crippen molar-refractivity contribution >= 4 is 28.4 Å². The molecule has 17 heavy (non-hydrogen) atoms. The molecule has 0 aliphatic heterocycles. The minimum Gasteiger partial charge on any atom is -0.349 e. The fourth-order valence-electron chi connectivity index (χ4n) is 1.92. The van der Waals surface area contributed by atoms with Crippen LogP contribution in [0, 0.1) is 0 Å². The molecular weight excluding hydrogens is 236 g/mol. The Morgan fingerprint density at radius 1 is 1.35 bits per heavy atom. The van der Waals surface area contributed by atoms with Crippen molar-refractivity contribution in [3.05, 3.63) is 35.0 Å². The molecule has 0 bridgehead atoms. The number of amides is 1. The third-order valence-electron chi connectivity index (χ3n) is 2.89. The third-order valence-corrected chi connectivity index (χ3v) is 3.20. The second-order valence-electron chi connectivity index (χ2n) is 3.86. The SMILES string of the molecule is CCN(CC)C(=O)c1cc2cccc(Cl)c2[nH]1. The molecular formula is C13H15ClN2O. The maximum atomic E-state index is 12.1. The number of hydrogen-bond acceptors (Lipinski definition) is 1. The highest BCUT2D eigenvalue weighted by Gasteiger charge is 2.15. The van der Waals surface area contributed by atoms with E-state index in [1.807, 2.05) is 38.1 Å². The minimum atomic E-state index is 0.0160. The number of nitrogens with zero attached hydrogens (tertiary/aromatic N) is 1. The lowest BCUT2D eigenvalue weighted by atomic mass is 10.2. The number of carbonyl (C=O) groups excluding carboxylic acids is 1. The molecule has 0 spiro atoms. The Labute approximate surface area is 105 Å². The highest BCUT2D eigenvalue weighted by molar-refractivity contribution is 6.35. The zero-order valence-electron chi connectivity index (χ0n) is 9.96. The van der Waals surface area contributed by atoms with Gasteiger partial charge in [-0.1, -0.05) is 23.7 Å². The number of rotatable bonds is 3. The second-order valence-corrected chi connectivity index (χ2v) is 4.27. The molecule has 1 amide bonds. The number of aromatic amines is 1. The maximum Gasteiger partial charge on any atom is 0.270 e. The quantitative estimate of drug-likeness (QED) is 0.892. The molecule has 0 unspecified atom stereocenters. The fraction of sp³-hybridized carbons (Fsp3) is 0.308. The van der Waals surface area contributed by atoms with E-state index in [0.717, 1.165) is 10.9 Å². The van der Waals surface area contributed by atoms with Gasteiger partial charge in [0, 0.05) is 18.5 Å². The standard InChI is InChI=1S/C13H15ClN2O/c1-3-16(4-2)13(17)11-8-9-6-5-7-10(14)12(9)15-11/h5-8,15H,3-4H2,1-2H3. The number of nitrogens with one attached hydrogen (secondary N) is 1. The Hall–Kier alpha value is -1.48. The first-order chi connectivity index (χ1) is 8.17. The van der Waals surface area contributed by atoms with Crippen molar-refractivity contribution in [3.63, 3.8) is 0 Å². The summed E-state index contributed by atoms with van der Waals surface area (Å²) < 4.78 is 0. The van der Waals surface area contributed by atoms with E-state index in [4.69, 9.17) is 11.6 Å². The van der Waals surface area contributed by atoms with Crippen LogP contribution in [-0.4, -0.2) is 28.9 Å². The molecule has 0 fully saturated rings. The van der Waals surface area contributed by atoms with E-state index >= 15 is 0 Å². The first kappa shape index (κ1) is 12.0. The molecule has 2 aromatic rings. The van der Waals surface area contributed by atoms with Crippen LogP contribution in [0.4, 0.5) is 0 Å². The Kier molecular flexibility index (Phi) is 3.38. The minimum absolute atomic E-state index is 0.0160. The van der Waals surface area contributed by atoms with E-state index in [-0.39, 0.29) is 5.91 Å². The van der Waals surface area contributed by atoms with Crippen LogP contribution >= 0.6 is 11.6 Å². The van der Waals surface area contributed by atoms with Crippen LogP contribution in [-0.2, 0) is 0 Å². The highest BCUT2D eigenvalue weighted by Crippen LogP contribution is 2.23. The van der Waals surface area contributed by atoms with Crippen molar-refractivity contribution in [1.29, 1.82) is 0 Å². The Morgan fingerprint density at radius 2 is 2.06 bits per heavy atom. The Balaban J connectivity index is 2.43. The number of benzene rings is 1. The second kappa shape index (κ2) is 4.80. The van der Waals surface area contributed by atoms with Crippen molar-refractivity contribution < 1.29 is 4.79 Å². The first-order valence-corrected chi connectivity index (χ1v) is 6.11. The monoisotopic (exact) mass is 250 g/mol.